The Bertz CT molecular complexity index is 500. The number of carbonyl (C=O) groups excluding carboxylic acids is 1. The van der Waals surface area contributed by atoms with Crippen LogP contribution in [0.3, 0.4) is 0 Å². The van der Waals surface area contributed by atoms with Gasteiger partial charge in [0.1, 0.15) is 0 Å². The van der Waals surface area contributed by atoms with E-state index in [1.807, 2.05) is 36.4 Å². The van der Waals surface area contributed by atoms with Gasteiger partial charge in [-0.25, -0.2) is 4.79 Å². The van der Waals surface area contributed by atoms with Crippen molar-refractivity contribution in [3.8, 4) is 0 Å². The number of carbonyl (C=O) groups is 1. The minimum atomic E-state index is -0.507. The predicted molar refractivity (Wildman–Crippen MR) is 75.2 cm³/mol. The van der Waals surface area contributed by atoms with Crippen molar-refractivity contribution in [2.75, 3.05) is 6.61 Å². The minimum absolute atomic E-state index is 0.138. The molecule has 3 nitrogen and oxygen atoms in total. The van der Waals surface area contributed by atoms with Crippen LogP contribution in [0.5, 0.6) is 0 Å². The SMILES string of the molecule is CCOC(=O)/C(=C/C=C/c1ccccc1)N=C=S. The molecule has 1 aromatic carbocycles. The van der Waals surface area contributed by atoms with Gasteiger partial charge in [0.05, 0.1) is 11.8 Å². The van der Waals surface area contributed by atoms with Crippen molar-refractivity contribution in [1.82, 2.24) is 0 Å². The van der Waals surface area contributed by atoms with Crippen LogP contribution in [0.15, 0.2) is 53.2 Å². The molecule has 1 rings (SSSR count). The number of rotatable bonds is 5. The number of benzene rings is 1. The third kappa shape index (κ3) is 4.87. The van der Waals surface area contributed by atoms with E-state index in [4.69, 9.17) is 4.74 Å². The van der Waals surface area contributed by atoms with Crippen LogP contribution < -0.4 is 0 Å². The number of aliphatic imine (C=N–C) groups is 1. The highest BCUT2D eigenvalue weighted by molar-refractivity contribution is 7.78. The first kappa shape index (κ1) is 14.0. The van der Waals surface area contributed by atoms with E-state index in [0.717, 1.165) is 5.56 Å². The molecule has 0 amide bonds. The summed E-state index contributed by atoms with van der Waals surface area (Å²) in [5, 5.41) is 2.16. The maximum absolute atomic E-state index is 11.5. The van der Waals surface area contributed by atoms with Crippen molar-refractivity contribution >= 4 is 29.4 Å². The van der Waals surface area contributed by atoms with Crippen molar-refractivity contribution < 1.29 is 9.53 Å². The fourth-order valence-corrected chi connectivity index (χ4v) is 1.32. The lowest BCUT2D eigenvalue weighted by Crippen LogP contribution is -2.05. The van der Waals surface area contributed by atoms with Gasteiger partial charge in [0.15, 0.2) is 5.70 Å². The van der Waals surface area contributed by atoms with Crippen LogP contribution in [0.1, 0.15) is 12.5 Å². The summed E-state index contributed by atoms with van der Waals surface area (Å²) in [6, 6.07) is 9.72. The average Bonchev–Trinajstić information content (AvgIpc) is 2.39. The molecule has 1 aromatic rings. The van der Waals surface area contributed by atoms with Crippen LogP contribution in [0.2, 0.25) is 0 Å². The molecule has 18 heavy (non-hydrogen) atoms. The molecule has 0 unspecified atom stereocenters. The molecule has 0 N–H and O–H groups in total. The molecule has 0 aliphatic rings. The van der Waals surface area contributed by atoms with E-state index >= 15 is 0 Å². The number of hydrogen-bond donors (Lipinski definition) is 0. The van der Waals surface area contributed by atoms with Crippen LogP contribution in [0.4, 0.5) is 0 Å². The second-order valence-corrected chi connectivity index (χ2v) is 3.43. The van der Waals surface area contributed by atoms with Crippen LogP contribution >= 0.6 is 12.2 Å². The summed E-state index contributed by atoms with van der Waals surface area (Å²) in [6.07, 6.45) is 5.13. The summed E-state index contributed by atoms with van der Waals surface area (Å²) >= 11 is 4.49. The molecule has 0 atom stereocenters. The zero-order chi connectivity index (χ0) is 13.2. The molecule has 0 aliphatic heterocycles. The molecular formula is C14H13NO2S. The number of esters is 1. The number of allylic oxidation sites excluding steroid dienone is 2. The Kier molecular flexibility index (Phi) is 6.33. The highest BCUT2D eigenvalue weighted by Crippen LogP contribution is 2.04. The lowest BCUT2D eigenvalue weighted by molar-refractivity contribution is -0.138. The lowest BCUT2D eigenvalue weighted by Gasteiger charge is -1.98. The fraction of sp³-hybridized carbons (Fsp3) is 0.143. The summed E-state index contributed by atoms with van der Waals surface area (Å²) in [5.41, 5.74) is 1.17. The first-order valence-electron chi connectivity index (χ1n) is 5.46. The molecule has 0 spiro atoms. The quantitative estimate of drug-likeness (QED) is 0.268. The number of isothiocyanates is 1. The standard InChI is InChI=1S/C14H13NO2S/c1-2-17-14(16)13(15-11-18)10-6-9-12-7-4-3-5-8-12/h3-10H,2H2,1H3/b9-6+,13-10-. The zero-order valence-corrected chi connectivity index (χ0v) is 10.8. The van der Waals surface area contributed by atoms with Crippen LogP contribution in [-0.2, 0) is 9.53 Å². The fourth-order valence-electron chi connectivity index (χ4n) is 1.22. The summed E-state index contributed by atoms with van der Waals surface area (Å²) in [7, 11) is 0. The van der Waals surface area contributed by atoms with E-state index < -0.39 is 5.97 Å². The molecule has 4 heteroatoms. The van der Waals surface area contributed by atoms with E-state index in [-0.39, 0.29) is 5.70 Å². The molecule has 0 aliphatic carbocycles. The van der Waals surface area contributed by atoms with Crippen LogP contribution in [0.25, 0.3) is 6.08 Å². The van der Waals surface area contributed by atoms with Gasteiger partial charge in [-0.3, -0.25) is 0 Å². The number of ether oxygens (including phenoxy) is 1. The van der Waals surface area contributed by atoms with E-state index in [9.17, 15) is 4.79 Å². The van der Waals surface area contributed by atoms with E-state index in [1.165, 1.54) is 0 Å². The molecule has 0 saturated carbocycles. The number of hydrogen-bond acceptors (Lipinski definition) is 4. The smallest absolute Gasteiger partial charge is 0.357 e. The Morgan fingerprint density at radius 2 is 2.17 bits per heavy atom. The Hall–Kier alpha value is -2.03. The van der Waals surface area contributed by atoms with Gasteiger partial charge in [0.2, 0.25) is 0 Å². The van der Waals surface area contributed by atoms with Gasteiger partial charge in [-0.15, -0.1) is 0 Å². The number of nitrogens with zero attached hydrogens (tertiary/aromatic N) is 1. The van der Waals surface area contributed by atoms with Gasteiger partial charge in [0.25, 0.3) is 0 Å². The van der Waals surface area contributed by atoms with E-state index in [1.54, 1.807) is 19.1 Å². The Morgan fingerprint density at radius 3 is 2.78 bits per heavy atom. The average molecular weight is 259 g/mol. The molecule has 92 valence electrons. The van der Waals surface area contributed by atoms with Gasteiger partial charge in [-0.05, 0) is 30.8 Å². The molecular weight excluding hydrogens is 246 g/mol. The summed E-state index contributed by atoms with van der Waals surface area (Å²) in [6.45, 7) is 2.03. The van der Waals surface area contributed by atoms with E-state index in [2.05, 4.69) is 22.4 Å². The highest BCUT2D eigenvalue weighted by Gasteiger charge is 2.06. The summed E-state index contributed by atoms with van der Waals surface area (Å²) < 4.78 is 4.84. The monoisotopic (exact) mass is 259 g/mol. The Morgan fingerprint density at radius 1 is 1.44 bits per heavy atom. The second-order valence-electron chi connectivity index (χ2n) is 3.25. The minimum Gasteiger partial charge on any atom is -0.461 e. The summed E-state index contributed by atoms with van der Waals surface area (Å²) in [4.78, 5) is 15.1. The van der Waals surface area contributed by atoms with Crippen molar-refractivity contribution in [1.29, 1.82) is 0 Å². The third-order valence-electron chi connectivity index (χ3n) is 1.99. The summed E-state index contributed by atoms with van der Waals surface area (Å²) in [5.74, 6) is -0.507. The van der Waals surface area contributed by atoms with Crippen LogP contribution in [-0.4, -0.2) is 17.7 Å². The molecule has 0 heterocycles. The molecule has 0 bridgehead atoms. The van der Waals surface area contributed by atoms with Crippen LogP contribution in [0, 0.1) is 0 Å². The van der Waals surface area contributed by atoms with Gasteiger partial charge in [-0.2, -0.15) is 4.99 Å². The maximum atomic E-state index is 11.5. The maximum Gasteiger partial charge on any atom is 0.357 e. The molecule has 0 fully saturated rings. The van der Waals surface area contributed by atoms with Gasteiger partial charge < -0.3 is 4.74 Å². The van der Waals surface area contributed by atoms with Crippen molar-refractivity contribution in [2.24, 2.45) is 4.99 Å². The zero-order valence-electron chi connectivity index (χ0n) is 10.00. The van der Waals surface area contributed by atoms with Crippen molar-refractivity contribution in [3.63, 3.8) is 0 Å². The Labute approximate surface area is 112 Å². The number of thiocarbonyl (C=S) groups is 1. The largest absolute Gasteiger partial charge is 0.461 e. The third-order valence-corrected chi connectivity index (χ3v) is 2.08. The van der Waals surface area contributed by atoms with Crippen molar-refractivity contribution in [2.45, 2.75) is 6.92 Å². The van der Waals surface area contributed by atoms with Gasteiger partial charge >= 0.3 is 5.97 Å². The molecule has 0 radical (unpaired) electrons. The topological polar surface area (TPSA) is 38.7 Å². The normalized spacial score (nSPS) is 11.1. The highest BCUT2D eigenvalue weighted by atomic mass is 32.1. The van der Waals surface area contributed by atoms with Gasteiger partial charge in [0, 0.05) is 0 Å². The predicted octanol–water partition coefficient (Wildman–Crippen LogP) is 3.25. The molecule has 0 saturated heterocycles. The Balaban J connectivity index is 2.81. The first-order chi connectivity index (χ1) is 8.77. The van der Waals surface area contributed by atoms with Gasteiger partial charge in [-0.1, -0.05) is 42.5 Å². The second kappa shape index (κ2) is 8.12. The lowest BCUT2D eigenvalue weighted by atomic mass is 10.2. The van der Waals surface area contributed by atoms with Crippen molar-refractivity contribution in [3.05, 3.63) is 53.7 Å². The molecule has 0 aromatic heterocycles. The van der Waals surface area contributed by atoms with E-state index in [0.29, 0.717) is 6.61 Å². The first-order valence-corrected chi connectivity index (χ1v) is 5.87.